The first kappa shape index (κ1) is 28.8. The number of imidazole rings is 1. The zero-order valence-electron chi connectivity index (χ0n) is 19.2. The van der Waals surface area contributed by atoms with Gasteiger partial charge >= 0.3 is 5.97 Å². The molecule has 0 fully saturated rings. The number of H-pyrrole nitrogens is 1. The number of aliphatic carboxylic acids is 1. The van der Waals surface area contributed by atoms with Gasteiger partial charge in [-0.15, -0.1) is 0 Å². The molecule has 0 radical (unpaired) electrons. The van der Waals surface area contributed by atoms with Crippen molar-refractivity contribution in [1.29, 1.82) is 0 Å². The molecule has 0 aromatic carbocycles. The van der Waals surface area contributed by atoms with Crippen molar-refractivity contribution < 1.29 is 29.1 Å². The Bertz CT molecular complexity index is 913. The van der Waals surface area contributed by atoms with E-state index < -0.39 is 60.2 Å². The second-order valence-electron chi connectivity index (χ2n) is 7.71. The van der Waals surface area contributed by atoms with Crippen LogP contribution in [0, 0.1) is 0 Å². The maximum atomic E-state index is 12.9. The van der Waals surface area contributed by atoms with Crippen LogP contribution < -0.4 is 38.9 Å². The fraction of sp³-hybridized carbons (Fsp3) is 0.526. The summed E-state index contributed by atoms with van der Waals surface area (Å²) in [5.41, 5.74) is 21.7. The van der Waals surface area contributed by atoms with E-state index in [1.807, 2.05) is 0 Å². The van der Waals surface area contributed by atoms with E-state index >= 15 is 0 Å². The molecule has 1 aromatic heterocycles. The minimum absolute atomic E-state index is 0.0258. The molecule has 0 bridgehead atoms. The summed E-state index contributed by atoms with van der Waals surface area (Å²) in [4.78, 5) is 71.2. The maximum absolute atomic E-state index is 12.9. The Morgan fingerprint density at radius 3 is 2.14 bits per heavy atom. The van der Waals surface area contributed by atoms with Gasteiger partial charge in [0.05, 0.1) is 18.8 Å². The number of hydrogen-bond acceptors (Lipinski definition) is 8. The van der Waals surface area contributed by atoms with Crippen molar-refractivity contribution in [2.24, 2.45) is 27.9 Å². The second-order valence-corrected chi connectivity index (χ2v) is 7.71. The number of aliphatic imine (C=N–C) groups is 1. The van der Waals surface area contributed by atoms with Crippen LogP contribution in [0.1, 0.15) is 31.9 Å². The molecule has 1 aromatic rings. The highest BCUT2D eigenvalue weighted by molar-refractivity contribution is 5.96. The van der Waals surface area contributed by atoms with Gasteiger partial charge in [0.1, 0.15) is 18.1 Å². The summed E-state index contributed by atoms with van der Waals surface area (Å²) >= 11 is 0. The zero-order chi connectivity index (χ0) is 26.5. The van der Waals surface area contributed by atoms with E-state index in [1.54, 1.807) is 0 Å². The van der Waals surface area contributed by atoms with E-state index in [0.717, 1.165) is 0 Å². The van der Waals surface area contributed by atoms with Gasteiger partial charge in [-0.3, -0.25) is 24.2 Å². The van der Waals surface area contributed by atoms with E-state index in [1.165, 1.54) is 19.4 Å². The van der Waals surface area contributed by atoms with E-state index in [2.05, 4.69) is 30.9 Å². The van der Waals surface area contributed by atoms with Gasteiger partial charge in [0.2, 0.25) is 23.6 Å². The fourth-order valence-electron chi connectivity index (χ4n) is 2.84. The van der Waals surface area contributed by atoms with Crippen molar-refractivity contribution in [2.45, 2.75) is 56.8 Å². The first-order chi connectivity index (χ1) is 16.4. The van der Waals surface area contributed by atoms with Gasteiger partial charge < -0.3 is 49.0 Å². The maximum Gasteiger partial charge on any atom is 0.326 e. The van der Waals surface area contributed by atoms with Gasteiger partial charge in [0.25, 0.3) is 0 Å². The van der Waals surface area contributed by atoms with Crippen LogP contribution in [0.2, 0.25) is 0 Å². The average Bonchev–Trinajstić information content (AvgIpc) is 3.27. The Hall–Kier alpha value is -4.21. The van der Waals surface area contributed by atoms with E-state index in [-0.39, 0.29) is 31.8 Å². The number of guanidine groups is 1. The number of rotatable bonds is 15. The summed E-state index contributed by atoms with van der Waals surface area (Å²) in [6, 6.07) is -4.96. The molecule has 0 aliphatic carbocycles. The van der Waals surface area contributed by atoms with Crippen molar-refractivity contribution in [2.75, 3.05) is 6.54 Å². The molecule has 0 aliphatic heterocycles. The van der Waals surface area contributed by atoms with Crippen molar-refractivity contribution in [3.63, 3.8) is 0 Å². The minimum atomic E-state index is -1.50. The number of carboxylic acids is 1. The molecule has 4 unspecified atom stereocenters. The van der Waals surface area contributed by atoms with Gasteiger partial charge in [-0.1, -0.05) is 0 Å². The Labute approximate surface area is 200 Å². The predicted octanol–water partition coefficient (Wildman–Crippen LogP) is -4.23. The van der Waals surface area contributed by atoms with E-state index in [4.69, 9.17) is 22.9 Å². The number of carbonyl (C=O) groups excluding carboxylic acids is 4. The number of aromatic amines is 1. The largest absolute Gasteiger partial charge is 0.480 e. The lowest BCUT2D eigenvalue weighted by Crippen LogP contribution is -2.58. The molecule has 194 valence electrons. The molecule has 4 atom stereocenters. The van der Waals surface area contributed by atoms with Gasteiger partial charge in [-0.05, 0) is 19.8 Å². The normalized spacial score (nSPS) is 14.0. The van der Waals surface area contributed by atoms with Crippen molar-refractivity contribution >= 4 is 35.6 Å². The Balaban J connectivity index is 2.96. The topological polar surface area (TPSA) is 287 Å². The number of hydrogen-bond donors (Lipinski definition) is 9. The Morgan fingerprint density at radius 1 is 1.03 bits per heavy atom. The van der Waals surface area contributed by atoms with Gasteiger partial charge in [0, 0.05) is 24.9 Å². The molecule has 4 amide bonds. The van der Waals surface area contributed by atoms with Crippen LogP contribution in [-0.4, -0.2) is 81.3 Å². The quantitative estimate of drug-likeness (QED) is 0.0640. The highest BCUT2D eigenvalue weighted by Crippen LogP contribution is 2.04. The first-order valence-electron chi connectivity index (χ1n) is 10.6. The van der Waals surface area contributed by atoms with Crippen LogP contribution in [0.15, 0.2) is 17.5 Å². The summed E-state index contributed by atoms with van der Waals surface area (Å²) in [5.74, 6) is -4.83. The van der Waals surface area contributed by atoms with Crippen molar-refractivity contribution in [1.82, 2.24) is 25.9 Å². The highest BCUT2D eigenvalue weighted by atomic mass is 16.4. The third-order valence-corrected chi connectivity index (χ3v) is 4.62. The van der Waals surface area contributed by atoms with Gasteiger partial charge in [-0.25, -0.2) is 9.78 Å². The SMILES string of the molecule is CC(N)C(=O)NC(Cc1cnc[nH]1)C(=O)NC(CC(N)=O)C(=O)NC(CCCN=C(N)N)C(=O)O. The van der Waals surface area contributed by atoms with Crippen LogP contribution in [0.5, 0.6) is 0 Å². The number of carbonyl (C=O) groups is 5. The fourth-order valence-corrected chi connectivity index (χ4v) is 2.84. The lowest BCUT2D eigenvalue weighted by molar-refractivity contribution is -0.142. The zero-order valence-corrected chi connectivity index (χ0v) is 19.2. The number of primary amides is 1. The van der Waals surface area contributed by atoms with Gasteiger partial charge in [0.15, 0.2) is 5.96 Å². The third kappa shape index (κ3) is 11.0. The molecular formula is C19H32N10O6. The third-order valence-electron chi connectivity index (χ3n) is 4.62. The molecular weight excluding hydrogens is 464 g/mol. The second kappa shape index (κ2) is 14.1. The number of nitrogens with two attached hydrogens (primary N) is 4. The van der Waals surface area contributed by atoms with E-state index in [0.29, 0.717) is 5.69 Å². The minimum Gasteiger partial charge on any atom is -0.480 e. The Kier molecular flexibility index (Phi) is 11.6. The smallest absolute Gasteiger partial charge is 0.326 e. The standard InChI is InChI=1S/C19H32N10O6/c1-9(20)15(31)28-12(5-10-7-24-8-26-10)16(32)29-13(6-14(21)30)17(33)27-11(18(34)35)3-2-4-25-19(22)23/h7-9,11-13H,2-6,20H2,1H3,(H2,21,30)(H,24,26)(H,27,33)(H,28,31)(H,29,32)(H,34,35)(H4,22,23,25). The van der Waals surface area contributed by atoms with E-state index in [9.17, 15) is 29.1 Å². The molecule has 0 saturated heterocycles. The van der Waals surface area contributed by atoms with Crippen LogP contribution in [0.4, 0.5) is 0 Å². The number of nitrogens with one attached hydrogen (secondary N) is 4. The molecule has 16 heteroatoms. The predicted molar refractivity (Wildman–Crippen MR) is 123 cm³/mol. The van der Waals surface area contributed by atoms with Crippen molar-refractivity contribution in [3.8, 4) is 0 Å². The van der Waals surface area contributed by atoms with Crippen LogP contribution in [0.25, 0.3) is 0 Å². The summed E-state index contributed by atoms with van der Waals surface area (Å²) in [5, 5.41) is 16.5. The monoisotopic (exact) mass is 496 g/mol. The number of aromatic nitrogens is 2. The summed E-state index contributed by atoms with van der Waals surface area (Å²) in [6.07, 6.45) is 2.37. The molecule has 35 heavy (non-hydrogen) atoms. The summed E-state index contributed by atoms with van der Waals surface area (Å²) < 4.78 is 0. The number of carboxylic acid groups (broad SMARTS) is 1. The lowest BCUT2D eigenvalue weighted by atomic mass is 10.1. The highest BCUT2D eigenvalue weighted by Gasteiger charge is 2.31. The molecule has 16 nitrogen and oxygen atoms in total. The molecule has 1 rings (SSSR count). The summed E-state index contributed by atoms with van der Waals surface area (Å²) in [7, 11) is 0. The lowest BCUT2D eigenvalue weighted by Gasteiger charge is -2.24. The molecule has 1 heterocycles. The first-order valence-corrected chi connectivity index (χ1v) is 10.6. The Morgan fingerprint density at radius 2 is 1.63 bits per heavy atom. The molecule has 0 aliphatic rings. The molecule has 13 N–H and O–H groups in total. The number of nitrogens with zero attached hydrogens (tertiary/aromatic N) is 2. The number of amides is 4. The molecule has 0 saturated carbocycles. The van der Waals surface area contributed by atoms with Crippen LogP contribution >= 0.6 is 0 Å². The molecule has 0 spiro atoms. The van der Waals surface area contributed by atoms with Crippen molar-refractivity contribution in [3.05, 3.63) is 18.2 Å². The van der Waals surface area contributed by atoms with Crippen LogP contribution in [0.3, 0.4) is 0 Å². The summed E-state index contributed by atoms with van der Waals surface area (Å²) in [6.45, 7) is 1.56. The van der Waals surface area contributed by atoms with Gasteiger partial charge in [-0.2, -0.15) is 0 Å². The van der Waals surface area contributed by atoms with Crippen LogP contribution in [-0.2, 0) is 30.4 Å². The average molecular weight is 497 g/mol.